The van der Waals surface area contributed by atoms with Crippen molar-refractivity contribution in [3.8, 4) is 0 Å². The van der Waals surface area contributed by atoms with Crippen molar-refractivity contribution in [1.82, 2.24) is 5.32 Å². The van der Waals surface area contributed by atoms with Gasteiger partial charge in [0.15, 0.2) is 6.29 Å². The highest BCUT2D eigenvalue weighted by Gasteiger charge is 2.44. The summed E-state index contributed by atoms with van der Waals surface area (Å²) in [6.45, 7) is 3.85. The molecule has 364 valence electrons. The van der Waals surface area contributed by atoms with Crippen LogP contribution in [0.5, 0.6) is 0 Å². The number of aliphatic hydroxyl groups excluding tert-OH is 5. The zero-order valence-electron chi connectivity index (χ0n) is 40.2. The van der Waals surface area contributed by atoms with Crippen LogP contribution in [0.25, 0.3) is 0 Å². The van der Waals surface area contributed by atoms with Crippen molar-refractivity contribution in [2.75, 3.05) is 13.2 Å². The zero-order valence-corrected chi connectivity index (χ0v) is 40.2. The van der Waals surface area contributed by atoms with Gasteiger partial charge < -0.3 is 40.3 Å². The summed E-state index contributed by atoms with van der Waals surface area (Å²) >= 11 is 0. The van der Waals surface area contributed by atoms with E-state index in [2.05, 4.69) is 19.2 Å². The van der Waals surface area contributed by atoms with Gasteiger partial charge in [-0.05, 0) is 12.8 Å². The SMILES string of the molecule is CCCCCCCCCCCCCCCCCCCCCCCCCCCCCCC(=O)N[C@@H](CO[C@@H]1O[C@H](CO)[C@H](O)C(O)C1O)[C@H](O)CCCCCCCCCCCC. The second kappa shape index (κ2) is 43.1. The first kappa shape index (κ1) is 58.2. The molecule has 0 aromatic heterocycles. The minimum Gasteiger partial charge on any atom is -0.394 e. The van der Waals surface area contributed by atoms with E-state index in [0.29, 0.717) is 12.8 Å². The average molecular weight is 870 g/mol. The Morgan fingerprint density at radius 2 is 0.820 bits per heavy atom. The van der Waals surface area contributed by atoms with Crippen LogP contribution >= 0.6 is 0 Å². The molecule has 0 spiro atoms. The van der Waals surface area contributed by atoms with Crippen LogP contribution in [-0.4, -0.2) is 87.5 Å². The standard InChI is InChI=1S/C52H103NO8/c1-3-5-7-9-11-13-15-16-17-18-19-20-21-22-23-24-25-26-27-28-29-30-31-32-34-36-38-40-42-48(56)53-45(44-60-52-51(59)50(58)49(57)47(43-54)61-52)46(55)41-39-37-35-33-14-12-10-8-6-4-2/h45-47,49-52,54-55,57-59H,3-44H2,1-2H3,(H,53,56)/t45-,46+,47+,49-,50?,51?,52+/m0/s1. The molecule has 7 atom stereocenters. The van der Waals surface area contributed by atoms with E-state index in [-0.39, 0.29) is 12.5 Å². The third-order valence-electron chi connectivity index (χ3n) is 13.2. The summed E-state index contributed by atoms with van der Waals surface area (Å²) in [6, 6.07) is -0.711. The Balaban J connectivity index is 2.11. The molecule has 0 radical (unpaired) electrons. The van der Waals surface area contributed by atoms with E-state index in [4.69, 9.17) is 9.47 Å². The van der Waals surface area contributed by atoms with Gasteiger partial charge in [0.25, 0.3) is 0 Å². The van der Waals surface area contributed by atoms with Crippen LogP contribution < -0.4 is 5.32 Å². The fraction of sp³-hybridized carbons (Fsp3) is 0.981. The van der Waals surface area contributed by atoms with E-state index in [1.54, 1.807) is 0 Å². The Bertz CT molecular complexity index is 924. The fourth-order valence-corrected chi connectivity index (χ4v) is 8.93. The molecule has 2 unspecified atom stereocenters. The quantitative estimate of drug-likeness (QED) is 0.0331. The lowest BCUT2D eigenvalue weighted by Gasteiger charge is -2.40. The Kier molecular flexibility index (Phi) is 41.1. The summed E-state index contributed by atoms with van der Waals surface area (Å²) in [6.07, 6.45) is 42.9. The molecule has 6 N–H and O–H groups in total. The Labute approximate surface area is 376 Å². The number of amides is 1. The van der Waals surface area contributed by atoms with Crippen LogP contribution in [0.1, 0.15) is 271 Å². The molecule has 0 saturated carbocycles. The maximum absolute atomic E-state index is 13.0. The molecule has 61 heavy (non-hydrogen) atoms. The molecule has 1 fully saturated rings. The number of hydrogen-bond acceptors (Lipinski definition) is 8. The number of hydrogen-bond donors (Lipinski definition) is 6. The normalized spacial score (nSPS) is 20.3. The lowest BCUT2D eigenvalue weighted by molar-refractivity contribution is -0.302. The zero-order chi connectivity index (χ0) is 44.4. The van der Waals surface area contributed by atoms with Gasteiger partial charge >= 0.3 is 0 Å². The first-order chi connectivity index (χ1) is 29.8. The summed E-state index contributed by atoms with van der Waals surface area (Å²) in [5, 5.41) is 54.3. The predicted octanol–water partition coefficient (Wildman–Crippen LogP) is 12.3. The summed E-state index contributed by atoms with van der Waals surface area (Å²) in [5.74, 6) is -0.140. The number of rotatable bonds is 46. The van der Waals surface area contributed by atoms with Gasteiger partial charge in [-0.25, -0.2) is 0 Å². The molecule has 1 rings (SSSR count). The Morgan fingerprint density at radius 3 is 1.16 bits per heavy atom. The number of unbranched alkanes of at least 4 members (excludes halogenated alkanes) is 36. The van der Waals surface area contributed by atoms with E-state index in [1.807, 2.05) is 0 Å². The van der Waals surface area contributed by atoms with Gasteiger partial charge in [0, 0.05) is 6.42 Å². The van der Waals surface area contributed by atoms with Gasteiger partial charge in [-0.15, -0.1) is 0 Å². The van der Waals surface area contributed by atoms with Gasteiger partial charge in [-0.1, -0.05) is 251 Å². The Morgan fingerprint density at radius 1 is 0.492 bits per heavy atom. The molecule has 9 heteroatoms. The van der Waals surface area contributed by atoms with E-state index < -0.39 is 49.5 Å². The summed E-state index contributed by atoms with van der Waals surface area (Å²) < 4.78 is 11.3. The number of ether oxygens (including phenoxy) is 2. The number of carbonyl (C=O) groups excluding carboxylic acids is 1. The highest BCUT2D eigenvalue weighted by Crippen LogP contribution is 2.23. The van der Waals surface area contributed by atoms with Crippen LogP contribution in [-0.2, 0) is 14.3 Å². The number of carbonyl (C=O) groups is 1. The highest BCUT2D eigenvalue weighted by molar-refractivity contribution is 5.76. The van der Waals surface area contributed by atoms with Crippen LogP contribution in [0, 0.1) is 0 Å². The molecular formula is C52H103NO8. The molecule has 1 aliphatic rings. The lowest BCUT2D eigenvalue weighted by atomic mass is 9.99. The van der Waals surface area contributed by atoms with Crippen molar-refractivity contribution in [3.05, 3.63) is 0 Å². The first-order valence-electron chi connectivity index (χ1n) is 26.7. The van der Waals surface area contributed by atoms with E-state index in [0.717, 1.165) is 38.5 Å². The van der Waals surface area contributed by atoms with Crippen molar-refractivity contribution in [1.29, 1.82) is 0 Å². The monoisotopic (exact) mass is 870 g/mol. The van der Waals surface area contributed by atoms with E-state index in [9.17, 15) is 30.3 Å². The van der Waals surface area contributed by atoms with E-state index >= 15 is 0 Å². The molecule has 0 aromatic carbocycles. The summed E-state index contributed by atoms with van der Waals surface area (Å²) in [7, 11) is 0. The topological polar surface area (TPSA) is 149 Å². The molecule has 0 bridgehead atoms. The molecule has 1 aliphatic heterocycles. The minimum absolute atomic E-state index is 0.132. The Hall–Kier alpha value is -0.810. The fourth-order valence-electron chi connectivity index (χ4n) is 8.93. The van der Waals surface area contributed by atoms with Gasteiger partial charge in [-0.2, -0.15) is 0 Å². The van der Waals surface area contributed by atoms with Crippen molar-refractivity contribution in [2.24, 2.45) is 0 Å². The summed E-state index contributed by atoms with van der Waals surface area (Å²) in [4.78, 5) is 13.0. The lowest BCUT2D eigenvalue weighted by Crippen LogP contribution is -2.60. The second-order valence-corrected chi connectivity index (χ2v) is 19.0. The minimum atomic E-state index is -1.55. The highest BCUT2D eigenvalue weighted by atomic mass is 16.7. The number of nitrogens with one attached hydrogen (secondary N) is 1. The van der Waals surface area contributed by atoms with Crippen LogP contribution in [0.2, 0.25) is 0 Å². The van der Waals surface area contributed by atoms with Crippen molar-refractivity contribution < 1.29 is 39.8 Å². The van der Waals surface area contributed by atoms with Gasteiger partial charge in [0.05, 0.1) is 25.4 Å². The number of aliphatic hydroxyl groups is 5. The molecule has 1 saturated heterocycles. The maximum atomic E-state index is 13.0. The van der Waals surface area contributed by atoms with Crippen molar-refractivity contribution >= 4 is 5.91 Å². The van der Waals surface area contributed by atoms with Gasteiger partial charge in [0.1, 0.15) is 24.4 Å². The summed E-state index contributed by atoms with van der Waals surface area (Å²) in [5.41, 5.74) is 0. The smallest absolute Gasteiger partial charge is 0.220 e. The van der Waals surface area contributed by atoms with Gasteiger partial charge in [0.2, 0.25) is 5.91 Å². The van der Waals surface area contributed by atoms with Crippen molar-refractivity contribution in [3.63, 3.8) is 0 Å². The first-order valence-corrected chi connectivity index (χ1v) is 26.7. The molecule has 1 amide bonds. The maximum Gasteiger partial charge on any atom is 0.220 e. The van der Waals surface area contributed by atoms with E-state index in [1.165, 1.54) is 205 Å². The third-order valence-corrected chi connectivity index (χ3v) is 13.2. The van der Waals surface area contributed by atoms with Gasteiger partial charge in [-0.3, -0.25) is 4.79 Å². The molecule has 1 heterocycles. The molecule has 0 aromatic rings. The van der Waals surface area contributed by atoms with Crippen LogP contribution in [0.4, 0.5) is 0 Å². The predicted molar refractivity (Wildman–Crippen MR) is 254 cm³/mol. The molecular weight excluding hydrogens is 767 g/mol. The third kappa shape index (κ3) is 33.3. The van der Waals surface area contributed by atoms with Crippen molar-refractivity contribution in [2.45, 2.75) is 314 Å². The second-order valence-electron chi connectivity index (χ2n) is 19.0. The largest absolute Gasteiger partial charge is 0.394 e. The molecule has 0 aliphatic carbocycles. The average Bonchev–Trinajstić information content (AvgIpc) is 3.26. The van der Waals surface area contributed by atoms with Crippen LogP contribution in [0.15, 0.2) is 0 Å². The molecule has 9 nitrogen and oxygen atoms in total. The van der Waals surface area contributed by atoms with Crippen LogP contribution in [0.3, 0.4) is 0 Å².